The fourth-order valence-corrected chi connectivity index (χ4v) is 1.82. The largest absolute Gasteiger partial charge is 0.387 e. The Kier molecular flexibility index (Phi) is 3.97. The molecule has 2 aromatic rings. The highest BCUT2D eigenvalue weighted by Gasteiger charge is 2.14. The summed E-state index contributed by atoms with van der Waals surface area (Å²) in [5, 5.41) is 16.3. The average molecular weight is 260 g/mol. The van der Waals surface area contributed by atoms with E-state index in [1.807, 2.05) is 31.2 Å². The van der Waals surface area contributed by atoms with Crippen molar-refractivity contribution in [3.63, 3.8) is 0 Å². The van der Waals surface area contributed by atoms with Crippen molar-refractivity contribution in [3.8, 4) is 0 Å². The number of aryl methyl sites for hydroxylation is 2. The fraction of sp³-hybridized carbons (Fsp3) is 0.286. The fourth-order valence-electron chi connectivity index (χ4n) is 1.82. The molecule has 0 spiro atoms. The van der Waals surface area contributed by atoms with E-state index in [-0.39, 0.29) is 18.1 Å². The van der Waals surface area contributed by atoms with Crippen LogP contribution in [0, 0.1) is 13.8 Å². The molecule has 1 heterocycles. The Balaban J connectivity index is 1.96. The van der Waals surface area contributed by atoms with Gasteiger partial charge in [0, 0.05) is 12.6 Å². The Morgan fingerprint density at radius 2 is 2.16 bits per heavy atom. The zero-order valence-electron chi connectivity index (χ0n) is 10.9. The van der Waals surface area contributed by atoms with Gasteiger partial charge in [0.25, 0.3) is 5.91 Å². The summed E-state index contributed by atoms with van der Waals surface area (Å²) in [6.45, 7) is 3.77. The maximum absolute atomic E-state index is 11.7. The molecule has 0 aliphatic heterocycles. The lowest BCUT2D eigenvalue weighted by atomic mass is 10.0. The summed E-state index contributed by atoms with van der Waals surface area (Å²) in [5.74, 6) is 0.217. The van der Waals surface area contributed by atoms with E-state index in [0.29, 0.717) is 5.76 Å². The predicted octanol–water partition coefficient (Wildman–Crippen LogP) is 1.75. The lowest BCUT2D eigenvalue weighted by Crippen LogP contribution is -2.28. The summed E-state index contributed by atoms with van der Waals surface area (Å²) in [6, 6.07) is 9.07. The number of hydrogen-bond donors (Lipinski definition) is 2. The van der Waals surface area contributed by atoms with Crippen LogP contribution >= 0.6 is 0 Å². The number of amides is 1. The molecule has 1 unspecified atom stereocenters. The third-order valence-corrected chi connectivity index (χ3v) is 2.86. The van der Waals surface area contributed by atoms with Gasteiger partial charge in [-0.15, -0.1) is 0 Å². The van der Waals surface area contributed by atoms with Crippen molar-refractivity contribution in [3.05, 3.63) is 52.9 Å². The van der Waals surface area contributed by atoms with Gasteiger partial charge in [-0.3, -0.25) is 4.79 Å². The topological polar surface area (TPSA) is 75.4 Å². The molecule has 1 amide bonds. The number of rotatable bonds is 4. The number of nitrogens with one attached hydrogen (secondary N) is 1. The molecule has 0 bridgehead atoms. The molecule has 1 atom stereocenters. The number of aliphatic hydroxyl groups is 1. The van der Waals surface area contributed by atoms with Crippen LogP contribution in [0.4, 0.5) is 0 Å². The first-order valence-electron chi connectivity index (χ1n) is 6.03. The van der Waals surface area contributed by atoms with Crippen molar-refractivity contribution in [1.29, 1.82) is 0 Å². The smallest absolute Gasteiger partial charge is 0.273 e. The molecule has 2 rings (SSSR count). The van der Waals surface area contributed by atoms with Gasteiger partial charge in [0.1, 0.15) is 5.76 Å². The summed E-state index contributed by atoms with van der Waals surface area (Å²) in [7, 11) is 0. The minimum Gasteiger partial charge on any atom is -0.387 e. The van der Waals surface area contributed by atoms with E-state index in [0.717, 1.165) is 11.1 Å². The van der Waals surface area contributed by atoms with Gasteiger partial charge >= 0.3 is 0 Å². The van der Waals surface area contributed by atoms with Crippen LogP contribution in [-0.2, 0) is 0 Å². The van der Waals surface area contributed by atoms with Gasteiger partial charge in [0.15, 0.2) is 5.69 Å². The van der Waals surface area contributed by atoms with Gasteiger partial charge in [0.2, 0.25) is 0 Å². The number of aliphatic hydroxyl groups excluding tert-OH is 1. The molecule has 19 heavy (non-hydrogen) atoms. The van der Waals surface area contributed by atoms with E-state index < -0.39 is 6.10 Å². The van der Waals surface area contributed by atoms with Crippen molar-refractivity contribution in [1.82, 2.24) is 10.5 Å². The Labute approximate surface area is 111 Å². The van der Waals surface area contributed by atoms with Crippen LogP contribution in [0.3, 0.4) is 0 Å². The summed E-state index contributed by atoms with van der Waals surface area (Å²) in [5.41, 5.74) is 2.01. The third kappa shape index (κ3) is 3.20. The monoisotopic (exact) mass is 260 g/mol. The maximum Gasteiger partial charge on any atom is 0.273 e. The number of nitrogens with zero attached hydrogens (tertiary/aromatic N) is 1. The Morgan fingerprint density at radius 3 is 2.79 bits per heavy atom. The van der Waals surface area contributed by atoms with E-state index >= 15 is 0 Å². The molecule has 0 aliphatic rings. The molecule has 1 aromatic heterocycles. The van der Waals surface area contributed by atoms with Crippen LogP contribution in [0.1, 0.15) is 33.5 Å². The molecule has 0 saturated carbocycles. The van der Waals surface area contributed by atoms with E-state index in [9.17, 15) is 9.90 Å². The molecule has 100 valence electrons. The lowest BCUT2D eigenvalue weighted by molar-refractivity contribution is 0.0907. The second-order valence-electron chi connectivity index (χ2n) is 4.41. The molecule has 0 radical (unpaired) electrons. The van der Waals surface area contributed by atoms with E-state index in [4.69, 9.17) is 4.52 Å². The Hall–Kier alpha value is -2.14. The minimum atomic E-state index is -0.738. The molecule has 0 aliphatic carbocycles. The zero-order chi connectivity index (χ0) is 13.8. The quantitative estimate of drug-likeness (QED) is 0.878. The Morgan fingerprint density at radius 1 is 1.42 bits per heavy atom. The van der Waals surface area contributed by atoms with Gasteiger partial charge in [-0.25, -0.2) is 0 Å². The molecular formula is C14H16N2O3. The third-order valence-electron chi connectivity index (χ3n) is 2.86. The number of carbonyl (C=O) groups is 1. The lowest BCUT2D eigenvalue weighted by Gasteiger charge is -2.13. The van der Waals surface area contributed by atoms with Crippen molar-refractivity contribution >= 4 is 5.91 Å². The first kappa shape index (κ1) is 13.3. The molecule has 0 saturated heterocycles. The van der Waals surface area contributed by atoms with Crippen LogP contribution in [0.15, 0.2) is 34.9 Å². The van der Waals surface area contributed by atoms with Gasteiger partial charge < -0.3 is 14.9 Å². The second-order valence-corrected chi connectivity index (χ2v) is 4.41. The summed E-state index contributed by atoms with van der Waals surface area (Å²) in [4.78, 5) is 11.7. The first-order chi connectivity index (χ1) is 9.08. The first-order valence-corrected chi connectivity index (χ1v) is 6.03. The summed E-state index contributed by atoms with van der Waals surface area (Å²) in [6.07, 6.45) is -0.738. The highest BCUT2D eigenvalue weighted by Crippen LogP contribution is 2.16. The van der Waals surface area contributed by atoms with Crippen molar-refractivity contribution in [2.75, 3.05) is 6.54 Å². The number of aromatic nitrogens is 1. The van der Waals surface area contributed by atoms with Crippen molar-refractivity contribution < 1.29 is 14.4 Å². The molecule has 2 N–H and O–H groups in total. The van der Waals surface area contributed by atoms with E-state index in [2.05, 4.69) is 10.5 Å². The molecular weight excluding hydrogens is 244 g/mol. The molecule has 1 aromatic carbocycles. The van der Waals surface area contributed by atoms with Crippen molar-refractivity contribution in [2.24, 2.45) is 0 Å². The average Bonchev–Trinajstić information content (AvgIpc) is 2.83. The molecule has 5 heteroatoms. The normalized spacial score (nSPS) is 12.2. The molecule has 5 nitrogen and oxygen atoms in total. The van der Waals surface area contributed by atoms with Gasteiger partial charge in [0.05, 0.1) is 6.10 Å². The maximum atomic E-state index is 11.7. The standard InChI is InChI=1S/C14H16N2O3/c1-9-5-3-4-6-11(9)13(17)8-15-14(18)12-7-10(2)19-16-12/h3-7,13,17H,8H2,1-2H3,(H,15,18). The second kappa shape index (κ2) is 5.67. The number of hydrogen-bond acceptors (Lipinski definition) is 4. The highest BCUT2D eigenvalue weighted by atomic mass is 16.5. The molecule has 0 fully saturated rings. The van der Waals surface area contributed by atoms with Crippen molar-refractivity contribution in [2.45, 2.75) is 20.0 Å². The van der Waals surface area contributed by atoms with Crippen LogP contribution in [-0.4, -0.2) is 22.7 Å². The van der Waals surface area contributed by atoms with Gasteiger partial charge in [-0.1, -0.05) is 29.4 Å². The highest BCUT2D eigenvalue weighted by molar-refractivity contribution is 5.92. The Bertz CT molecular complexity index is 578. The van der Waals surface area contributed by atoms with Crippen LogP contribution in [0.25, 0.3) is 0 Å². The van der Waals surface area contributed by atoms with E-state index in [1.165, 1.54) is 0 Å². The van der Waals surface area contributed by atoms with Gasteiger partial charge in [-0.2, -0.15) is 0 Å². The SMILES string of the molecule is Cc1cc(C(=O)NCC(O)c2ccccc2C)no1. The minimum absolute atomic E-state index is 0.135. The number of carbonyl (C=O) groups excluding carboxylic acids is 1. The summed E-state index contributed by atoms with van der Waals surface area (Å²) < 4.78 is 4.82. The summed E-state index contributed by atoms with van der Waals surface area (Å²) >= 11 is 0. The number of benzene rings is 1. The van der Waals surface area contributed by atoms with Crippen LogP contribution in [0.5, 0.6) is 0 Å². The zero-order valence-corrected chi connectivity index (χ0v) is 10.9. The van der Waals surface area contributed by atoms with E-state index in [1.54, 1.807) is 13.0 Å². The van der Waals surface area contributed by atoms with Crippen LogP contribution in [0.2, 0.25) is 0 Å². The predicted molar refractivity (Wildman–Crippen MR) is 69.7 cm³/mol. The van der Waals surface area contributed by atoms with Crippen LogP contribution < -0.4 is 5.32 Å². The van der Waals surface area contributed by atoms with Gasteiger partial charge in [-0.05, 0) is 25.0 Å².